The van der Waals surface area contributed by atoms with Gasteiger partial charge in [-0.05, 0) is 69.9 Å². The highest BCUT2D eigenvalue weighted by Crippen LogP contribution is 2.28. The Labute approximate surface area is 178 Å². The van der Waals surface area contributed by atoms with Crippen LogP contribution in [0, 0.1) is 5.92 Å². The fraction of sp³-hybridized carbons (Fsp3) is 0.545. The van der Waals surface area contributed by atoms with Crippen molar-refractivity contribution in [3.63, 3.8) is 0 Å². The molecule has 6 heteroatoms. The van der Waals surface area contributed by atoms with Crippen LogP contribution in [-0.2, 0) is 11.3 Å². The number of hydrogen-bond donors (Lipinski definition) is 0. The quantitative estimate of drug-likeness (QED) is 0.630. The third-order valence-corrected chi connectivity index (χ3v) is 6.52. The van der Waals surface area contributed by atoms with Crippen LogP contribution < -0.4 is 0 Å². The lowest BCUT2D eigenvalue weighted by molar-refractivity contribution is -0.128. The highest BCUT2D eigenvalue weighted by atomic mass is 35.5. The number of rotatable bonds is 7. The monoisotopic (exact) mass is 421 g/mol. The minimum atomic E-state index is 0.0441. The number of aliphatic imine (C=N–C) groups is 1. The standard InChI is InChI=1S/C22H29Cl2N3O/c1-3-26-10-7-17(8-11-26)9-12-27(22(28)18-13-16(2)25-14-18)15-19-20(23)5-4-6-21(19)24/h4-6,13,17H,3,7-12,14-15H2,1-2H3. The van der Waals surface area contributed by atoms with Gasteiger partial charge in [0.15, 0.2) is 0 Å². The molecule has 0 saturated carbocycles. The van der Waals surface area contributed by atoms with E-state index in [-0.39, 0.29) is 5.91 Å². The molecule has 4 nitrogen and oxygen atoms in total. The summed E-state index contributed by atoms with van der Waals surface area (Å²) in [5.74, 6) is 0.706. The summed E-state index contributed by atoms with van der Waals surface area (Å²) in [5, 5.41) is 1.21. The first-order valence-electron chi connectivity index (χ1n) is 10.1. The number of piperidine rings is 1. The zero-order chi connectivity index (χ0) is 20.1. The average Bonchev–Trinajstić information content (AvgIpc) is 3.13. The van der Waals surface area contributed by atoms with E-state index in [9.17, 15) is 4.79 Å². The minimum absolute atomic E-state index is 0.0441. The van der Waals surface area contributed by atoms with E-state index in [1.807, 2.05) is 36.1 Å². The van der Waals surface area contributed by atoms with E-state index in [1.54, 1.807) is 0 Å². The van der Waals surface area contributed by atoms with Crippen LogP contribution in [0.5, 0.6) is 0 Å². The Balaban J connectivity index is 1.69. The summed E-state index contributed by atoms with van der Waals surface area (Å²) >= 11 is 12.8. The molecule has 2 heterocycles. The first-order chi connectivity index (χ1) is 13.5. The van der Waals surface area contributed by atoms with Gasteiger partial charge in [0.25, 0.3) is 5.91 Å². The first kappa shape index (κ1) is 21.4. The lowest BCUT2D eigenvalue weighted by Gasteiger charge is -2.32. The third kappa shape index (κ3) is 5.37. The first-order valence-corrected chi connectivity index (χ1v) is 10.9. The molecule has 0 spiro atoms. The summed E-state index contributed by atoms with van der Waals surface area (Å²) in [6.07, 6.45) is 5.31. The Bertz CT molecular complexity index is 747. The summed E-state index contributed by atoms with van der Waals surface area (Å²) in [4.78, 5) is 21.9. The maximum absolute atomic E-state index is 13.2. The molecule has 152 valence electrons. The topological polar surface area (TPSA) is 35.9 Å². The molecule has 28 heavy (non-hydrogen) atoms. The van der Waals surface area contributed by atoms with Crippen molar-refractivity contribution in [2.75, 3.05) is 32.7 Å². The lowest BCUT2D eigenvalue weighted by atomic mass is 9.93. The van der Waals surface area contributed by atoms with E-state index in [1.165, 1.54) is 12.8 Å². The predicted molar refractivity (Wildman–Crippen MR) is 117 cm³/mol. The Morgan fingerprint density at radius 2 is 1.93 bits per heavy atom. The Kier molecular flexibility index (Phi) is 7.55. The molecule has 3 rings (SSSR count). The summed E-state index contributed by atoms with van der Waals surface area (Å²) in [7, 11) is 0. The molecule has 0 aromatic heterocycles. The van der Waals surface area contributed by atoms with Crippen LogP contribution in [0.4, 0.5) is 0 Å². The molecule has 1 fully saturated rings. The maximum Gasteiger partial charge on any atom is 0.252 e. The van der Waals surface area contributed by atoms with Crippen LogP contribution in [0.15, 0.2) is 34.8 Å². The van der Waals surface area contributed by atoms with Gasteiger partial charge >= 0.3 is 0 Å². The van der Waals surface area contributed by atoms with Gasteiger partial charge in [-0.25, -0.2) is 0 Å². The Hall–Kier alpha value is -1.36. The second-order valence-electron chi connectivity index (χ2n) is 7.72. The van der Waals surface area contributed by atoms with E-state index in [0.717, 1.165) is 42.9 Å². The van der Waals surface area contributed by atoms with E-state index in [4.69, 9.17) is 23.2 Å². The largest absolute Gasteiger partial charge is 0.334 e. The van der Waals surface area contributed by atoms with Crippen molar-refractivity contribution in [3.8, 4) is 0 Å². The van der Waals surface area contributed by atoms with Crippen LogP contribution in [0.1, 0.15) is 38.7 Å². The molecule has 0 radical (unpaired) electrons. The van der Waals surface area contributed by atoms with Gasteiger partial charge in [-0.3, -0.25) is 9.79 Å². The molecule has 0 atom stereocenters. The van der Waals surface area contributed by atoms with Crippen LogP contribution in [0.3, 0.4) is 0 Å². The number of carbonyl (C=O) groups is 1. The minimum Gasteiger partial charge on any atom is -0.334 e. The number of carbonyl (C=O) groups excluding carboxylic acids is 1. The molecular formula is C22H29Cl2N3O. The average molecular weight is 422 g/mol. The molecule has 2 aliphatic heterocycles. The second kappa shape index (κ2) is 9.91. The zero-order valence-electron chi connectivity index (χ0n) is 16.8. The van der Waals surface area contributed by atoms with Crippen LogP contribution >= 0.6 is 23.2 Å². The number of benzene rings is 1. The third-order valence-electron chi connectivity index (χ3n) is 5.82. The molecule has 0 N–H and O–H groups in total. The SMILES string of the molecule is CCN1CCC(CCN(Cc2c(Cl)cccc2Cl)C(=O)C2=CC(C)=NC2)CC1. The van der Waals surface area contributed by atoms with Crippen LogP contribution in [0.2, 0.25) is 10.0 Å². The highest BCUT2D eigenvalue weighted by molar-refractivity contribution is 6.36. The van der Waals surface area contributed by atoms with Crippen LogP contribution in [0.25, 0.3) is 0 Å². The van der Waals surface area contributed by atoms with E-state index in [2.05, 4.69) is 16.8 Å². The number of nitrogens with zero attached hydrogens (tertiary/aromatic N) is 3. The molecule has 1 aromatic rings. The molecule has 0 unspecified atom stereocenters. The predicted octanol–water partition coefficient (Wildman–Crippen LogP) is 4.84. The van der Waals surface area contributed by atoms with Crippen molar-refractivity contribution >= 4 is 34.8 Å². The van der Waals surface area contributed by atoms with E-state index >= 15 is 0 Å². The van der Waals surface area contributed by atoms with Gasteiger partial charge in [-0.15, -0.1) is 0 Å². The van der Waals surface area contributed by atoms with Gasteiger partial charge in [0.2, 0.25) is 0 Å². The number of halogens is 2. The fourth-order valence-corrected chi connectivity index (χ4v) is 4.46. The van der Waals surface area contributed by atoms with Crippen molar-refractivity contribution in [1.82, 2.24) is 9.80 Å². The summed E-state index contributed by atoms with van der Waals surface area (Å²) < 4.78 is 0. The molecule has 1 amide bonds. The molecule has 0 aliphatic carbocycles. The summed E-state index contributed by atoms with van der Waals surface area (Å²) in [6.45, 7) is 9.19. The molecule has 1 aromatic carbocycles. The number of amides is 1. The Morgan fingerprint density at radius 1 is 1.25 bits per heavy atom. The van der Waals surface area contributed by atoms with Crippen molar-refractivity contribution in [2.24, 2.45) is 10.9 Å². The van der Waals surface area contributed by atoms with Gasteiger partial charge in [0, 0.05) is 40.0 Å². The van der Waals surface area contributed by atoms with Gasteiger partial charge < -0.3 is 9.80 Å². The molecule has 2 aliphatic rings. The van der Waals surface area contributed by atoms with Gasteiger partial charge in [-0.1, -0.05) is 36.2 Å². The van der Waals surface area contributed by atoms with E-state index < -0.39 is 0 Å². The zero-order valence-corrected chi connectivity index (χ0v) is 18.3. The van der Waals surface area contributed by atoms with Gasteiger partial charge in [0.1, 0.15) is 0 Å². The summed E-state index contributed by atoms with van der Waals surface area (Å²) in [5.41, 5.74) is 2.48. The number of likely N-dealkylation sites (tertiary alicyclic amines) is 1. The fourth-order valence-electron chi connectivity index (χ4n) is 3.94. The van der Waals surface area contributed by atoms with E-state index in [0.29, 0.717) is 35.6 Å². The van der Waals surface area contributed by atoms with Crippen LogP contribution in [-0.4, -0.2) is 54.1 Å². The van der Waals surface area contributed by atoms with Gasteiger partial charge in [0.05, 0.1) is 6.54 Å². The smallest absolute Gasteiger partial charge is 0.252 e. The van der Waals surface area contributed by atoms with Crippen molar-refractivity contribution in [1.29, 1.82) is 0 Å². The lowest BCUT2D eigenvalue weighted by Crippen LogP contribution is -2.37. The van der Waals surface area contributed by atoms with Gasteiger partial charge in [-0.2, -0.15) is 0 Å². The number of hydrogen-bond acceptors (Lipinski definition) is 3. The Morgan fingerprint density at radius 3 is 2.50 bits per heavy atom. The van der Waals surface area contributed by atoms with Crippen molar-refractivity contribution < 1.29 is 4.79 Å². The maximum atomic E-state index is 13.2. The molecule has 1 saturated heterocycles. The highest BCUT2D eigenvalue weighted by Gasteiger charge is 2.25. The number of allylic oxidation sites excluding steroid dienone is 1. The van der Waals surface area contributed by atoms with Crippen molar-refractivity contribution in [2.45, 2.75) is 39.7 Å². The molecular weight excluding hydrogens is 393 g/mol. The normalized spacial score (nSPS) is 18.1. The second-order valence-corrected chi connectivity index (χ2v) is 8.53. The van der Waals surface area contributed by atoms with Crippen molar-refractivity contribution in [3.05, 3.63) is 45.5 Å². The molecule has 0 bridgehead atoms. The summed E-state index contributed by atoms with van der Waals surface area (Å²) in [6, 6.07) is 5.49.